The standard InChI is InChI=1S/C15H12BrClO/c1-2-10-3-5-11(6-4-10)15(18)13-9-12(17)7-8-14(13)16/h3-9H,2H2,1H3. The maximum atomic E-state index is 12.3. The van der Waals surface area contributed by atoms with Gasteiger partial charge in [0.2, 0.25) is 0 Å². The molecule has 2 aromatic carbocycles. The number of aryl methyl sites for hydroxylation is 1. The van der Waals surface area contributed by atoms with Crippen molar-refractivity contribution in [1.29, 1.82) is 0 Å². The molecule has 1 nitrogen and oxygen atoms in total. The minimum atomic E-state index is -0.0213. The van der Waals surface area contributed by atoms with Crippen molar-refractivity contribution in [3.63, 3.8) is 0 Å². The molecule has 18 heavy (non-hydrogen) atoms. The van der Waals surface area contributed by atoms with Crippen LogP contribution < -0.4 is 0 Å². The molecule has 0 saturated heterocycles. The number of halogens is 2. The third-order valence-electron chi connectivity index (χ3n) is 2.80. The molecule has 2 aromatic rings. The van der Waals surface area contributed by atoms with E-state index in [0.717, 1.165) is 10.9 Å². The van der Waals surface area contributed by atoms with Gasteiger partial charge in [0.15, 0.2) is 5.78 Å². The lowest BCUT2D eigenvalue weighted by Gasteiger charge is -2.05. The van der Waals surface area contributed by atoms with Crippen LogP contribution in [0.25, 0.3) is 0 Å². The second-order valence-electron chi connectivity index (χ2n) is 4.00. The predicted octanol–water partition coefficient (Wildman–Crippen LogP) is 4.90. The molecule has 0 atom stereocenters. The van der Waals surface area contributed by atoms with E-state index in [9.17, 15) is 4.79 Å². The van der Waals surface area contributed by atoms with Crippen LogP contribution in [0.2, 0.25) is 5.02 Å². The Kier molecular flexibility index (Phi) is 4.20. The fraction of sp³-hybridized carbons (Fsp3) is 0.133. The quantitative estimate of drug-likeness (QED) is 0.735. The van der Waals surface area contributed by atoms with Crippen LogP contribution in [0.5, 0.6) is 0 Å². The first-order valence-electron chi connectivity index (χ1n) is 5.70. The number of hydrogen-bond donors (Lipinski definition) is 0. The first-order chi connectivity index (χ1) is 8.61. The van der Waals surface area contributed by atoms with Crippen LogP contribution in [-0.2, 0) is 6.42 Å². The van der Waals surface area contributed by atoms with Gasteiger partial charge in [-0.25, -0.2) is 0 Å². The Morgan fingerprint density at radius 2 is 1.83 bits per heavy atom. The second kappa shape index (κ2) is 5.68. The van der Waals surface area contributed by atoms with Gasteiger partial charge in [-0.15, -0.1) is 0 Å². The van der Waals surface area contributed by atoms with Crippen LogP contribution in [0.1, 0.15) is 28.4 Å². The zero-order chi connectivity index (χ0) is 13.1. The van der Waals surface area contributed by atoms with Crippen LogP contribution in [-0.4, -0.2) is 5.78 Å². The molecule has 92 valence electrons. The summed E-state index contributed by atoms with van der Waals surface area (Å²) in [6.45, 7) is 2.09. The summed E-state index contributed by atoms with van der Waals surface area (Å²) in [4.78, 5) is 12.3. The van der Waals surface area contributed by atoms with Crippen LogP contribution in [0, 0.1) is 0 Å². The van der Waals surface area contributed by atoms with E-state index in [1.807, 2.05) is 24.3 Å². The fourth-order valence-electron chi connectivity index (χ4n) is 1.72. The predicted molar refractivity (Wildman–Crippen MR) is 78.4 cm³/mol. The molecule has 0 aliphatic heterocycles. The van der Waals surface area contributed by atoms with Crippen LogP contribution in [0.15, 0.2) is 46.9 Å². The molecule has 0 bridgehead atoms. The van der Waals surface area contributed by atoms with Gasteiger partial charge in [0, 0.05) is 20.6 Å². The molecule has 3 heteroatoms. The van der Waals surface area contributed by atoms with Gasteiger partial charge in [0.1, 0.15) is 0 Å². The van der Waals surface area contributed by atoms with Crippen LogP contribution >= 0.6 is 27.5 Å². The van der Waals surface area contributed by atoms with E-state index < -0.39 is 0 Å². The first kappa shape index (κ1) is 13.3. The Hall–Kier alpha value is -1.12. The van der Waals surface area contributed by atoms with Crippen LogP contribution in [0.3, 0.4) is 0 Å². The molecule has 0 unspecified atom stereocenters. The fourth-order valence-corrected chi connectivity index (χ4v) is 2.32. The number of benzene rings is 2. The molecule has 2 rings (SSSR count). The van der Waals surface area contributed by atoms with Gasteiger partial charge < -0.3 is 0 Å². The van der Waals surface area contributed by atoms with Crippen molar-refractivity contribution in [3.05, 3.63) is 68.7 Å². The van der Waals surface area contributed by atoms with E-state index in [1.165, 1.54) is 5.56 Å². The Balaban J connectivity index is 2.38. The summed E-state index contributed by atoms with van der Waals surface area (Å²) in [6, 6.07) is 12.9. The van der Waals surface area contributed by atoms with Crippen molar-refractivity contribution in [1.82, 2.24) is 0 Å². The monoisotopic (exact) mass is 322 g/mol. The number of rotatable bonds is 3. The van der Waals surface area contributed by atoms with Crippen molar-refractivity contribution in [2.24, 2.45) is 0 Å². The summed E-state index contributed by atoms with van der Waals surface area (Å²) in [6.07, 6.45) is 0.968. The lowest BCUT2D eigenvalue weighted by atomic mass is 10.0. The van der Waals surface area contributed by atoms with Gasteiger partial charge >= 0.3 is 0 Å². The van der Waals surface area contributed by atoms with Gasteiger partial charge in [0.25, 0.3) is 0 Å². The van der Waals surface area contributed by atoms with Crippen LogP contribution in [0.4, 0.5) is 0 Å². The molecule has 0 aliphatic carbocycles. The lowest BCUT2D eigenvalue weighted by molar-refractivity contribution is 0.103. The Bertz CT molecular complexity index is 576. The van der Waals surface area contributed by atoms with Crippen molar-refractivity contribution >= 4 is 33.3 Å². The van der Waals surface area contributed by atoms with Gasteiger partial charge in [-0.3, -0.25) is 4.79 Å². The van der Waals surface area contributed by atoms with Crippen molar-refractivity contribution in [2.45, 2.75) is 13.3 Å². The second-order valence-corrected chi connectivity index (χ2v) is 5.29. The highest BCUT2D eigenvalue weighted by molar-refractivity contribution is 9.10. The Labute approximate surface area is 120 Å². The van der Waals surface area contributed by atoms with E-state index in [-0.39, 0.29) is 5.78 Å². The molecule has 0 spiro atoms. The van der Waals surface area contributed by atoms with Crippen molar-refractivity contribution < 1.29 is 4.79 Å². The molecule has 0 aromatic heterocycles. The largest absolute Gasteiger partial charge is 0.289 e. The van der Waals surface area contributed by atoms with E-state index >= 15 is 0 Å². The number of carbonyl (C=O) groups excluding carboxylic acids is 1. The highest BCUT2D eigenvalue weighted by atomic mass is 79.9. The molecule has 0 heterocycles. The maximum absolute atomic E-state index is 12.3. The molecular weight excluding hydrogens is 312 g/mol. The van der Waals surface area contributed by atoms with Gasteiger partial charge in [0.05, 0.1) is 0 Å². The third-order valence-corrected chi connectivity index (χ3v) is 3.72. The lowest BCUT2D eigenvalue weighted by Crippen LogP contribution is -2.02. The topological polar surface area (TPSA) is 17.1 Å². The van der Waals surface area contributed by atoms with Crippen molar-refractivity contribution in [2.75, 3.05) is 0 Å². The van der Waals surface area contributed by atoms with Crippen molar-refractivity contribution in [3.8, 4) is 0 Å². The summed E-state index contributed by atoms with van der Waals surface area (Å²) in [5.41, 5.74) is 2.48. The highest BCUT2D eigenvalue weighted by Gasteiger charge is 2.12. The van der Waals surface area contributed by atoms with E-state index in [2.05, 4.69) is 22.9 Å². The molecular formula is C15H12BrClO. The summed E-state index contributed by atoms with van der Waals surface area (Å²) >= 11 is 9.30. The van der Waals surface area contributed by atoms with E-state index in [1.54, 1.807) is 18.2 Å². The molecule has 0 saturated carbocycles. The third kappa shape index (κ3) is 2.82. The smallest absolute Gasteiger partial charge is 0.194 e. The Morgan fingerprint density at radius 1 is 1.17 bits per heavy atom. The SMILES string of the molecule is CCc1ccc(C(=O)c2cc(Cl)ccc2Br)cc1. The summed E-state index contributed by atoms with van der Waals surface area (Å²) in [5.74, 6) is -0.0213. The van der Waals surface area contributed by atoms with Gasteiger partial charge in [-0.1, -0.05) is 58.7 Å². The Morgan fingerprint density at radius 3 is 2.44 bits per heavy atom. The zero-order valence-corrected chi connectivity index (χ0v) is 12.3. The first-order valence-corrected chi connectivity index (χ1v) is 6.87. The maximum Gasteiger partial charge on any atom is 0.194 e. The highest BCUT2D eigenvalue weighted by Crippen LogP contribution is 2.24. The summed E-state index contributed by atoms with van der Waals surface area (Å²) < 4.78 is 0.761. The van der Waals surface area contributed by atoms with Gasteiger partial charge in [-0.05, 0) is 30.2 Å². The number of ketones is 1. The summed E-state index contributed by atoms with van der Waals surface area (Å²) in [7, 11) is 0. The molecule has 0 aliphatic rings. The molecule has 0 radical (unpaired) electrons. The van der Waals surface area contributed by atoms with Gasteiger partial charge in [-0.2, -0.15) is 0 Å². The molecule has 0 amide bonds. The van der Waals surface area contributed by atoms with E-state index in [0.29, 0.717) is 16.1 Å². The number of carbonyl (C=O) groups is 1. The summed E-state index contributed by atoms with van der Waals surface area (Å²) in [5, 5.41) is 0.562. The van der Waals surface area contributed by atoms with E-state index in [4.69, 9.17) is 11.6 Å². The zero-order valence-electron chi connectivity index (χ0n) is 9.91. The average molecular weight is 324 g/mol. The average Bonchev–Trinajstić information content (AvgIpc) is 2.41. The minimum Gasteiger partial charge on any atom is -0.289 e. The molecule has 0 fully saturated rings. The molecule has 0 N–H and O–H groups in total. The minimum absolute atomic E-state index is 0.0213. The number of hydrogen-bond acceptors (Lipinski definition) is 1. The normalized spacial score (nSPS) is 10.4.